The minimum absolute atomic E-state index is 0.0217. The molecular formula is C21H26ClN9O. The zero-order valence-corrected chi connectivity index (χ0v) is 19.0. The van der Waals surface area contributed by atoms with Gasteiger partial charge in [0.2, 0.25) is 11.9 Å². The summed E-state index contributed by atoms with van der Waals surface area (Å²) in [6.07, 6.45) is 1.37. The molecule has 0 radical (unpaired) electrons. The Labute approximate surface area is 191 Å². The largest absolute Gasteiger partial charge is 0.368 e. The molecule has 1 aliphatic rings. The number of benzene rings is 1. The number of piperazine rings is 1. The summed E-state index contributed by atoms with van der Waals surface area (Å²) < 4.78 is 0. The number of anilines is 3. The van der Waals surface area contributed by atoms with Gasteiger partial charge in [0.15, 0.2) is 0 Å². The first-order valence-electron chi connectivity index (χ1n) is 10.3. The van der Waals surface area contributed by atoms with E-state index >= 15 is 0 Å². The van der Waals surface area contributed by atoms with Gasteiger partial charge in [-0.05, 0) is 31.2 Å². The van der Waals surface area contributed by atoms with E-state index in [-0.39, 0.29) is 18.0 Å². The SMILES string of the molecule is CC(Nc1ncnc(N)n1)c1cc2cc(Cl)ccc2nc1N1CCN(C(=O)N(C)C)CC1. The van der Waals surface area contributed by atoms with Gasteiger partial charge in [-0.3, -0.25) is 0 Å². The molecule has 32 heavy (non-hydrogen) atoms. The van der Waals surface area contributed by atoms with Crippen molar-refractivity contribution in [1.29, 1.82) is 0 Å². The summed E-state index contributed by atoms with van der Waals surface area (Å²) in [6, 6.07) is 7.60. The average molecular weight is 456 g/mol. The van der Waals surface area contributed by atoms with Crippen LogP contribution in [-0.4, -0.2) is 76.0 Å². The van der Waals surface area contributed by atoms with Gasteiger partial charge in [-0.15, -0.1) is 0 Å². The number of nitrogens with two attached hydrogens (primary N) is 1. The molecule has 4 rings (SSSR count). The van der Waals surface area contributed by atoms with E-state index in [9.17, 15) is 4.79 Å². The van der Waals surface area contributed by atoms with Crippen LogP contribution in [0.3, 0.4) is 0 Å². The van der Waals surface area contributed by atoms with Crippen LogP contribution in [0.25, 0.3) is 10.9 Å². The van der Waals surface area contributed by atoms with Gasteiger partial charge in [0.1, 0.15) is 12.1 Å². The Hall–Kier alpha value is -3.40. The number of urea groups is 1. The third-order valence-electron chi connectivity index (χ3n) is 5.42. The standard InChI is InChI=1S/C21H26ClN9O/c1-13(26-20-25-12-24-19(23)28-20)16-11-14-10-15(22)4-5-17(14)27-18(16)30-6-8-31(9-7-30)21(32)29(2)3/h4-5,10-13H,6-9H2,1-3H3,(H3,23,24,25,26,28). The highest BCUT2D eigenvalue weighted by Crippen LogP contribution is 2.32. The highest BCUT2D eigenvalue weighted by atomic mass is 35.5. The fourth-order valence-electron chi connectivity index (χ4n) is 3.77. The van der Waals surface area contributed by atoms with E-state index in [1.807, 2.05) is 30.0 Å². The molecular weight excluding hydrogens is 430 g/mol. The van der Waals surface area contributed by atoms with Gasteiger partial charge in [-0.1, -0.05) is 11.6 Å². The Kier molecular flexibility index (Phi) is 6.13. The molecule has 10 nitrogen and oxygen atoms in total. The summed E-state index contributed by atoms with van der Waals surface area (Å²) in [7, 11) is 3.54. The van der Waals surface area contributed by atoms with Crippen LogP contribution in [0, 0.1) is 0 Å². The number of aromatic nitrogens is 4. The Bertz CT molecular complexity index is 1130. The predicted octanol–water partition coefficient (Wildman–Crippen LogP) is 2.63. The van der Waals surface area contributed by atoms with Crippen molar-refractivity contribution < 1.29 is 4.79 Å². The number of pyridine rings is 1. The van der Waals surface area contributed by atoms with Crippen molar-refractivity contribution in [2.75, 3.05) is 56.2 Å². The lowest BCUT2D eigenvalue weighted by atomic mass is 10.0. The molecule has 2 aromatic heterocycles. The zero-order chi connectivity index (χ0) is 22.8. The van der Waals surface area contributed by atoms with Crippen LogP contribution in [0.5, 0.6) is 0 Å². The predicted molar refractivity (Wildman–Crippen MR) is 126 cm³/mol. The fraction of sp³-hybridized carbons (Fsp3) is 0.381. The monoisotopic (exact) mass is 455 g/mol. The number of carbonyl (C=O) groups is 1. The number of nitrogens with one attached hydrogen (secondary N) is 1. The van der Waals surface area contributed by atoms with E-state index in [1.165, 1.54) is 6.33 Å². The maximum Gasteiger partial charge on any atom is 0.319 e. The molecule has 1 saturated heterocycles. The summed E-state index contributed by atoms with van der Waals surface area (Å²) in [4.78, 5) is 35.1. The molecule has 3 heterocycles. The Morgan fingerprint density at radius 1 is 1.16 bits per heavy atom. The molecule has 0 bridgehead atoms. The van der Waals surface area contributed by atoms with Gasteiger partial charge >= 0.3 is 6.03 Å². The molecule has 0 spiro atoms. The molecule has 3 aromatic rings. The molecule has 0 aliphatic carbocycles. The van der Waals surface area contributed by atoms with E-state index in [0.717, 1.165) is 22.3 Å². The van der Waals surface area contributed by atoms with Crippen LogP contribution in [0.2, 0.25) is 5.02 Å². The lowest BCUT2D eigenvalue weighted by Crippen LogP contribution is -2.52. The van der Waals surface area contributed by atoms with Crippen molar-refractivity contribution in [2.45, 2.75) is 13.0 Å². The first-order valence-corrected chi connectivity index (χ1v) is 10.7. The molecule has 1 atom stereocenters. The number of nitrogens with zero attached hydrogens (tertiary/aromatic N) is 7. The highest BCUT2D eigenvalue weighted by Gasteiger charge is 2.26. The normalized spacial score (nSPS) is 15.0. The lowest BCUT2D eigenvalue weighted by molar-refractivity contribution is 0.168. The molecule has 11 heteroatoms. The third kappa shape index (κ3) is 4.59. The number of rotatable bonds is 4. The van der Waals surface area contributed by atoms with Gasteiger partial charge in [0.25, 0.3) is 0 Å². The van der Waals surface area contributed by atoms with Crippen molar-refractivity contribution in [3.05, 3.63) is 41.2 Å². The molecule has 1 fully saturated rings. The second-order valence-electron chi connectivity index (χ2n) is 7.92. The average Bonchev–Trinajstić information content (AvgIpc) is 2.77. The van der Waals surface area contributed by atoms with E-state index < -0.39 is 0 Å². The lowest BCUT2D eigenvalue weighted by Gasteiger charge is -2.37. The van der Waals surface area contributed by atoms with Gasteiger partial charge in [0.05, 0.1) is 11.6 Å². The van der Waals surface area contributed by atoms with Crippen molar-refractivity contribution in [3.63, 3.8) is 0 Å². The number of fused-ring (bicyclic) bond motifs is 1. The second-order valence-corrected chi connectivity index (χ2v) is 8.36. The number of amides is 2. The zero-order valence-electron chi connectivity index (χ0n) is 18.3. The topological polar surface area (TPSA) is 116 Å². The fourth-order valence-corrected chi connectivity index (χ4v) is 3.95. The molecule has 1 aromatic carbocycles. The minimum Gasteiger partial charge on any atom is -0.368 e. The molecule has 1 aliphatic heterocycles. The van der Waals surface area contributed by atoms with E-state index in [4.69, 9.17) is 22.3 Å². The van der Waals surface area contributed by atoms with Crippen LogP contribution < -0.4 is 16.0 Å². The second kappa shape index (κ2) is 8.99. The highest BCUT2D eigenvalue weighted by molar-refractivity contribution is 6.31. The molecule has 2 amide bonds. The summed E-state index contributed by atoms with van der Waals surface area (Å²) in [6.45, 7) is 4.64. The quantitative estimate of drug-likeness (QED) is 0.616. The number of hydrogen-bond acceptors (Lipinski definition) is 8. The molecule has 168 valence electrons. The van der Waals surface area contributed by atoms with Crippen molar-refractivity contribution in [1.82, 2.24) is 29.7 Å². The number of halogens is 1. The van der Waals surface area contributed by atoms with Crippen LogP contribution in [0.1, 0.15) is 18.5 Å². The van der Waals surface area contributed by atoms with Gasteiger partial charge in [-0.2, -0.15) is 4.98 Å². The Morgan fingerprint density at radius 2 is 1.91 bits per heavy atom. The van der Waals surface area contributed by atoms with Crippen molar-refractivity contribution in [2.24, 2.45) is 0 Å². The molecule has 0 saturated carbocycles. The Morgan fingerprint density at radius 3 is 2.59 bits per heavy atom. The van der Waals surface area contributed by atoms with Crippen LogP contribution >= 0.6 is 11.6 Å². The van der Waals surface area contributed by atoms with Crippen molar-refractivity contribution >= 4 is 46.2 Å². The first-order chi connectivity index (χ1) is 15.3. The minimum atomic E-state index is -0.163. The number of nitrogen functional groups attached to an aromatic ring is 1. The molecule has 3 N–H and O–H groups in total. The van der Waals surface area contributed by atoms with Crippen molar-refractivity contribution in [3.8, 4) is 0 Å². The number of hydrogen-bond donors (Lipinski definition) is 2. The summed E-state index contributed by atoms with van der Waals surface area (Å²) in [5.74, 6) is 1.40. The van der Waals surface area contributed by atoms with E-state index in [0.29, 0.717) is 37.1 Å². The van der Waals surface area contributed by atoms with E-state index in [1.54, 1.807) is 19.0 Å². The van der Waals surface area contributed by atoms with Gasteiger partial charge in [-0.25, -0.2) is 19.7 Å². The van der Waals surface area contributed by atoms with Gasteiger partial charge in [0, 0.05) is 56.2 Å². The van der Waals surface area contributed by atoms with E-state index in [2.05, 4.69) is 31.2 Å². The third-order valence-corrected chi connectivity index (χ3v) is 5.66. The summed E-state index contributed by atoms with van der Waals surface area (Å²) in [5.41, 5.74) is 7.53. The number of carbonyl (C=O) groups excluding carboxylic acids is 1. The maximum atomic E-state index is 12.3. The van der Waals surface area contributed by atoms with Gasteiger partial charge < -0.3 is 25.8 Å². The first kappa shape index (κ1) is 21.8. The van der Waals surface area contributed by atoms with Crippen LogP contribution in [0.4, 0.5) is 22.5 Å². The van der Waals surface area contributed by atoms with Crippen LogP contribution in [-0.2, 0) is 0 Å². The molecule has 1 unspecified atom stereocenters. The Balaban J connectivity index is 1.66. The smallest absolute Gasteiger partial charge is 0.319 e. The summed E-state index contributed by atoms with van der Waals surface area (Å²) >= 11 is 6.22. The maximum absolute atomic E-state index is 12.3. The summed E-state index contributed by atoms with van der Waals surface area (Å²) in [5, 5.41) is 4.88. The van der Waals surface area contributed by atoms with Crippen LogP contribution in [0.15, 0.2) is 30.6 Å².